The predicted molar refractivity (Wildman–Crippen MR) is 46.7 cm³/mol. The van der Waals surface area contributed by atoms with Gasteiger partial charge in [-0.15, -0.1) is 0 Å². The molecule has 0 fully saturated rings. The standard InChI is InChI=1S/C8H11NO2S/c1-3-12(10,11)8-5-4-7(2)9-6-8/h4-6H,3H2,1-2H3. The number of hydrogen-bond acceptors (Lipinski definition) is 3. The monoisotopic (exact) mass is 185 g/mol. The molecule has 1 aromatic rings. The van der Waals surface area contributed by atoms with Crippen LogP contribution in [-0.2, 0) is 9.84 Å². The van der Waals surface area contributed by atoms with Gasteiger partial charge in [0.05, 0.1) is 10.6 Å². The van der Waals surface area contributed by atoms with Crippen LogP contribution >= 0.6 is 0 Å². The van der Waals surface area contributed by atoms with E-state index in [1.807, 2.05) is 6.92 Å². The van der Waals surface area contributed by atoms with Crippen molar-refractivity contribution in [1.82, 2.24) is 4.98 Å². The van der Waals surface area contributed by atoms with Gasteiger partial charge >= 0.3 is 0 Å². The maximum Gasteiger partial charge on any atom is 0.179 e. The number of pyridine rings is 1. The van der Waals surface area contributed by atoms with E-state index >= 15 is 0 Å². The first-order valence-corrected chi connectivity index (χ1v) is 5.37. The highest BCUT2D eigenvalue weighted by Crippen LogP contribution is 2.08. The smallest absolute Gasteiger partial charge is 0.179 e. The van der Waals surface area contributed by atoms with Crippen LogP contribution in [0.1, 0.15) is 12.6 Å². The Labute approximate surface area is 72.4 Å². The highest BCUT2D eigenvalue weighted by Gasteiger charge is 2.10. The van der Waals surface area contributed by atoms with Gasteiger partial charge in [-0.25, -0.2) is 8.42 Å². The first-order valence-electron chi connectivity index (χ1n) is 3.71. The molecule has 0 aliphatic heterocycles. The summed E-state index contributed by atoms with van der Waals surface area (Å²) in [5, 5.41) is 0. The fraction of sp³-hybridized carbons (Fsp3) is 0.375. The Morgan fingerprint density at radius 3 is 2.50 bits per heavy atom. The molecule has 0 saturated heterocycles. The van der Waals surface area contributed by atoms with Gasteiger partial charge in [0, 0.05) is 11.9 Å². The quantitative estimate of drug-likeness (QED) is 0.695. The lowest BCUT2D eigenvalue weighted by molar-refractivity contribution is 0.597. The van der Waals surface area contributed by atoms with E-state index in [1.165, 1.54) is 6.20 Å². The van der Waals surface area contributed by atoms with Crippen molar-refractivity contribution in [2.75, 3.05) is 5.75 Å². The zero-order chi connectivity index (χ0) is 9.19. The predicted octanol–water partition coefficient (Wildman–Crippen LogP) is 1.18. The second-order valence-corrected chi connectivity index (χ2v) is 4.82. The molecule has 12 heavy (non-hydrogen) atoms. The third-order valence-electron chi connectivity index (χ3n) is 1.62. The lowest BCUT2D eigenvalue weighted by Crippen LogP contribution is -2.03. The van der Waals surface area contributed by atoms with Crippen LogP contribution in [0.4, 0.5) is 0 Å². The average molecular weight is 185 g/mol. The Kier molecular flexibility index (Phi) is 2.47. The second-order valence-electron chi connectivity index (χ2n) is 2.54. The zero-order valence-corrected chi connectivity index (χ0v) is 7.93. The number of aromatic nitrogens is 1. The molecule has 66 valence electrons. The van der Waals surface area contributed by atoms with E-state index in [-0.39, 0.29) is 5.75 Å². The average Bonchev–Trinajstić information content (AvgIpc) is 2.05. The summed E-state index contributed by atoms with van der Waals surface area (Å²) in [5.41, 5.74) is 0.824. The molecular formula is C8H11NO2S. The van der Waals surface area contributed by atoms with Gasteiger partial charge in [0.25, 0.3) is 0 Å². The van der Waals surface area contributed by atoms with Gasteiger partial charge in [-0.1, -0.05) is 6.92 Å². The minimum absolute atomic E-state index is 0.123. The Morgan fingerprint density at radius 1 is 1.42 bits per heavy atom. The highest BCUT2D eigenvalue weighted by atomic mass is 32.2. The maximum absolute atomic E-state index is 11.3. The summed E-state index contributed by atoms with van der Waals surface area (Å²) in [6.45, 7) is 3.44. The molecule has 0 amide bonds. The number of sulfone groups is 1. The number of nitrogens with zero attached hydrogens (tertiary/aromatic N) is 1. The van der Waals surface area contributed by atoms with Crippen molar-refractivity contribution in [3.63, 3.8) is 0 Å². The van der Waals surface area contributed by atoms with E-state index in [9.17, 15) is 8.42 Å². The van der Waals surface area contributed by atoms with Crippen LogP contribution < -0.4 is 0 Å². The van der Waals surface area contributed by atoms with Gasteiger partial charge in [-0.05, 0) is 19.1 Å². The third kappa shape index (κ3) is 1.82. The molecule has 1 heterocycles. The minimum atomic E-state index is -3.08. The van der Waals surface area contributed by atoms with E-state index < -0.39 is 9.84 Å². The Hall–Kier alpha value is -0.900. The highest BCUT2D eigenvalue weighted by molar-refractivity contribution is 7.91. The van der Waals surface area contributed by atoms with Crippen LogP contribution in [0.15, 0.2) is 23.2 Å². The van der Waals surface area contributed by atoms with Crippen molar-refractivity contribution >= 4 is 9.84 Å². The van der Waals surface area contributed by atoms with Crippen molar-refractivity contribution in [2.24, 2.45) is 0 Å². The van der Waals surface area contributed by atoms with Crippen LogP contribution in [0.3, 0.4) is 0 Å². The Balaban J connectivity index is 3.14. The zero-order valence-electron chi connectivity index (χ0n) is 7.11. The molecule has 0 N–H and O–H groups in total. The molecule has 0 atom stereocenters. The topological polar surface area (TPSA) is 47.0 Å². The van der Waals surface area contributed by atoms with E-state index in [1.54, 1.807) is 19.1 Å². The van der Waals surface area contributed by atoms with E-state index in [2.05, 4.69) is 4.98 Å². The van der Waals surface area contributed by atoms with Gasteiger partial charge in [0.15, 0.2) is 9.84 Å². The first kappa shape index (κ1) is 9.19. The van der Waals surface area contributed by atoms with Crippen molar-refractivity contribution in [3.05, 3.63) is 24.0 Å². The van der Waals surface area contributed by atoms with Crippen molar-refractivity contribution in [1.29, 1.82) is 0 Å². The SMILES string of the molecule is CCS(=O)(=O)c1ccc(C)nc1. The van der Waals surface area contributed by atoms with E-state index in [0.29, 0.717) is 4.90 Å². The first-order chi connectivity index (χ1) is 5.56. The molecular weight excluding hydrogens is 174 g/mol. The molecule has 0 unspecified atom stereocenters. The van der Waals surface area contributed by atoms with Gasteiger partial charge in [0.1, 0.15) is 0 Å². The third-order valence-corrected chi connectivity index (χ3v) is 3.34. The summed E-state index contributed by atoms with van der Waals surface area (Å²) >= 11 is 0. The Bertz CT molecular complexity index is 353. The largest absolute Gasteiger partial charge is 0.260 e. The minimum Gasteiger partial charge on any atom is -0.260 e. The molecule has 0 radical (unpaired) electrons. The molecule has 0 saturated carbocycles. The molecule has 1 rings (SSSR count). The summed E-state index contributed by atoms with van der Waals surface area (Å²) in [6, 6.07) is 3.28. The summed E-state index contributed by atoms with van der Waals surface area (Å²) in [6.07, 6.45) is 1.40. The van der Waals surface area contributed by atoms with Gasteiger partial charge in [-0.2, -0.15) is 0 Å². The summed E-state index contributed by atoms with van der Waals surface area (Å²) in [7, 11) is -3.08. The normalized spacial score (nSPS) is 11.5. The van der Waals surface area contributed by atoms with Crippen molar-refractivity contribution in [2.45, 2.75) is 18.7 Å². The van der Waals surface area contributed by atoms with Gasteiger partial charge < -0.3 is 0 Å². The molecule has 0 aromatic carbocycles. The van der Waals surface area contributed by atoms with Gasteiger partial charge in [-0.3, -0.25) is 4.98 Å². The second kappa shape index (κ2) is 3.23. The summed E-state index contributed by atoms with van der Waals surface area (Å²) in [5.74, 6) is 0.123. The van der Waals surface area contributed by atoms with E-state index in [0.717, 1.165) is 5.69 Å². The molecule has 1 aromatic heterocycles. The Morgan fingerprint density at radius 2 is 2.08 bits per heavy atom. The number of hydrogen-bond donors (Lipinski definition) is 0. The fourth-order valence-electron chi connectivity index (χ4n) is 0.805. The molecule has 0 bridgehead atoms. The molecule has 4 heteroatoms. The fourth-order valence-corrected chi connectivity index (χ4v) is 1.63. The molecule has 3 nitrogen and oxygen atoms in total. The molecule has 0 aliphatic rings. The van der Waals surface area contributed by atoms with E-state index in [4.69, 9.17) is 0 Å². The lowest BCUT2D eigenvalue weighted by atomic mass is 10.4. The van der Waals surface area contributed by atoms with Gasteiger partial charge in [0.2, 0.25) is 0 Å². The van der Waals surface area contributed by atoms with Crippen LogP contribution in [0.2, 0.25) is 0 Å². The number of rotatable bonds is 2. The van der Waals surface area contributed by atoms with Crippen LogP contribution in [0.5, 0.6) is 0 Å². The summed E-state index contributed by atoms with van der Waals surface area (Å²) < 4.78 is 22.5. The van der Waals surface area contributed by atoms with Crippen molar-refractivity contribution < 1.29 is 8.42 Å². The lowest BCUT2D eigenvalue weighted by Gasteiger charge is -1.99. The maximum atomic E-state index is 11.3. The van der Waals surface area contributed by atoms with Crippen LogP contribution in [0.25, 0.3) is 0 Å². The van der Waals surface area contributed by atoms with Crippen LogP contribution in [0, 0.1) is 6.92 Å². The molecule has 0 spiro atoms. The summed E-state index contributed by atoms with van der Waals surface area (Å²) in [4.78, 5) is 4.22. The van der Waals surface area contributed by atoms with Crippen LogP contribution in [-0.4, -0.2) is 19.2 Å². The van der Waals surface area contributed by atoms with Crippen molar-refractivity contribution in [3.8, 4) is 0 Å². The number of aryl methyl sites for hydroxylation is 1. The molecule has 0 aliphatic carbocycles.